The number of likely N-dealkylation sites (N-methyl/N-ethyl adjacent to an activating group) is 1. The molecule has 0 saturated carbocycles. The number of alkyl carbamates (subject to hydrolysis) is 1. The van der Waals surface area contributed by atoms with E-state index in [9.17, 15) is 18.4 Å². The lowest BCUT2D eigenvalue weighted by molar-refractivity contribution is -0.120. The van der Waals surface area contributed by atoms with Gasteiger partial charge in [-0.1, -0.05) is 0 Å². The highest BCUT2D eigenvalue weighted by atomic mass is 19.1. The summed E-state index contributed by atoms with van der Waals surface area (Å²) in [5.74, 6) is -1.64. The molecule has 0 radical (unpaired) electrons. The summed E-state index contributed by atoms with van der Waals surface area (Å²) in [6, 6.07) is 3.39. The zero-order valence-electron chi connectivity index (χ0n) is 17.5. The minimum atomic E-state index is -1.14. The van der Waals surface area contributed by atoms with Crippen LogP contribution in [0.1, 0.15) is 26.3 Å². The molecule has 0 aliphatic heterocycles. The SMILES string of the molecule is COc1cncc(N(C)C(=O)[C@H](Cc2cc(F)cc(F)c2)NC(=O)OC(C)(C)C)c1. The molecule has 2 amide bonds. The van der Waals surface area contributed by atoms with Gasteiger partial charge in [-0.25, -0.2) is 13.6 Å². The summed E-state index contributed by atoms with van der Waals surface area (Å²) in [5.41, 5.74) is -0.162. The molecule has 1 aromatic carbocycles. The Bertz CT molecular complexity index is 895. The molecule has 0 spiro atoms. The third-order valence-corrected chi connectivity index (χ3v) is 4.00. The number of methoxy groups -OCH3 is 1. The molecule has 0 saturated heterocycles. The first-order chi connectivity index (χ1) is 14.0. The summed E-state index contributed by atoms with van der Waals surface area (Å²) in [6.07, 6.45) is 1.96. The Morgan fingerprint density at radius 3 is 2.33 bits per heavy atom. The summed E-state index contributed by atoms with van der Waals surface area (Å²) in [4.78, 5) is 30.7. The van der Waals surface area contributed by atoms with Crippen LogP contribution in [-0.4, -0.2) is 42.8 Å². The molecule has 0 fully saturated rings. The Morgan fingerprint density at radius 2 is 1.77 bits per heavy atom. The first-order valence-corrected chi connectivity index (χ1v) is 9.19. The topological polar surface area (TPSA) is 80.8 Å². The zero-order valence-corrected chi connectivity index (χ0v) is 17.5. The highest BCUT2D eigenvalue weighted by Gasteiger charge is 2.28. The monoisotopic (exact) mass is 421 g/mol. The van der Waals surface area contributed by atoms with Crippen LogP contribution in [-0.2, 0) is 16.0 Å². The Hall–Kier alpha value is -3.23. The summed E-state index contributed by atoms with van der Waals surface area (Å²) in [5, 5.41) is 2.49. The number of hydrogen-bond acceptors (Lipinski definition) is 5. The minimum Gasteiger partial charge on any atom is -0.495 e. The van der Waals surface area contributed by atoms with E-state index in [1.807, 2.05) is 0 Å². The molecule has 2 aromatic rings. The molecule has 0 bridgehead atoms. The van der Waals surface area contributed by atoms with Gasteiger partial charge in [-0.3, -0.25) is 9.78 Å². The van der Waals surface area contributed by atoms with Gasteiger partial charge in [0, 0.05) is 25.6 Å². The Morgan fingerprint density at radius 1 is 1.13 bits per heavy atom. The van der Waals surface area contributed by atoms with Gasteiger partial charge in [-0.05, 0) is 38.5 Å². The van der Waals surface area contributed by atoms with Crippen molar-refractivity contribution >= 4 is 17.7 Å². The molecule has 1 aromatic heterocycles. The van der Waals surface area contributed by atoms with Gasteiger partial charge in [0.2, 0.25) is 5.91 Å². The van der Waals surface area contributed by atoms with Crippen molar-refractivity contribution in [2.45, 2.75) is 38.8 Å². The number of carbonyl (C=O) groups excluding carboxylic acids is 2. The van der Waals surface area contributed by atoms with Crippen molar-refractivity contribution in [3.63, 3.8) is 0 Å². The average molecular weight is 421 g/mol. The van der Waals surface area contributed by atoms with Crippen LogP contribution in [0.15, 0.2) is 36.7 Å². The molecule has 1 atom stereocenters. The number of amides is 2. The third-order valence-electron chi connectivity index (χ3n) is 4.00. The summed E-state index contributed by atoms with van der Waals surface area (Å²) in [6.45, 7) is 5.04. The Balaban J connectivity index is 2.30. The molecule has 1 N–H and O–H groups in total. The van der Waals surface area contributed by atoms with Crippen LogP contribution in [0.5, 0.6) is 5.75 Å². The van der Waals surface area contributed by atoms with E-state index in [-0.39, 0.29) is 12.0 Å². The maximum Gasteiger partial charge on any atom is 0.408 e. The molecule has 0 aliphatic rings. The van der Waals surface area contributed by atoms with E-state index in [1.165, 1.54) is 31.5 Å². The zero-order chi connectivity index (χ0) is 22.5. The van der Waals surface area contributed by atoms with Crippen LogP contribution in [0.2, 0.25) is 0 Å². The first kappa shape index (κ1) is 23.1. The molecule has 30 heavy (non-hydrogen) atoms. The van der Waals surface area contributed by atoms with Crippen molar-refractivity contribution in [3.05, 3.63) is 53.9 Å². The number of carbonyl (C=O) groups is 2. The second-order valence-corrected chi connectivity index (χ2v) is 7.66. The van der Waals surface area contributed by atoms with Crippen LogP contribution in [0, 0.1) is 11.6 Å². The number of aromatic nitrogens is 1. The van der Waals surface area contributed by atoms with Crippen LogP contribution in [0.3, 0.4) is 0 Å². The summed E-state index contributed by atoms with van der Waals surface area (Å²) >= 11 is 0. The number of nitrogens with zero attached hydrogens (tertiary/aromatic N) is 2. The molecule has 0 unspecified atom stereocenters. The molecule has 162 valence electrons. The second kappa shape index (κ2) is 9.51. The summed E-state index contributed by atoms with van der Waals surface area (Å²) in [7, 11) is 2.96. The Labute approximate surface area is 174 Å². The van der Waals surface area contributed by atoms with E-state index in [0.29, 0.717) is 11.4 Å². The number of benzene rings is 1. The van der Waals surface area contributed by atoms with E-state index in [4.69, 9.17) is 9.47 Å². The fraction of sp³-hybridized carbons (Fsp3) is 0.381. The van der Waals surface area contributed by atoms with E-state index in [1.54, 1.807) is 26.8 Å². The van der Waals surface area contributed by atoms with Crippen molar-refractivity contribution in [2.24, 2.45) is 0 Å². The number of halogens is 2. The first-order valence-electron chi connectivity index (χ1n) is 9.19. The fourth-order valence-electron chi connectivity index (χ4n) is 2.68. The van der Waals surface area contributed by atoms with Gasteiger partial charge in [0.05, 0.1) is 25.2 Å². The average Bonchev–Trinajstić information content (AvgIpc) is 2.64. The van der Waals surface area contributed by atoms with Crippen LogP contribution in [0.4, 0.5) is 19.3 Å². The Kier molecular flexibility index (Phi) is 7.31. The van der Waals surface area contributed by atoms with Gasteiger partial charge >= 0.3 is 6.09 Å². The quantitative estimate of drug-likeness (QED) is 0.773. The second-order valence-electron chi connectivity index (χ2n) is 7.66. The number of anilines is 1. The number of ether oxygens (including phenoxy) is 2. The molecular weight excluding hydrogens is 396 g/mol. The molecule has 2 rings (SSSR count). The third kappa shape index (κ3) is 6.68. The minimum absolute atomic E-state index is 0.144. The van der Waals surface area contributed by atoms with Gasteiger partial charge < -0.3 is 19.7 Å². The van der Waals surface area contributed by atoms with Crippen LogP contribution in [0.25, 0.3) is 0 Å². The van der Waals surface area contributed by atoms with Gasteiger partial charge in [-0.15, -0.1) is 0 Å². The van der Waals surface area contributed by atoms with E-state index >= 15 is 0 Å². The number of hydrogen-bond donors (Lipinski definition) is 1. The highest BCUT2D eigenvalue weighted by molar-refractivity contribution is 5.98. The van der Waals surface area contributed by atoms with Crippen molar-refractivity contribution in [1.29, 1.82) is 0 Å². The lowest BCUT2D eigenvalue weighted by atomic mass is 10.0. The van der Waals surface area contributed by atoms with Gasteiger partial charge in [0.25, 0.3) is 0 Å². The lowest BCUT2D eigenvalue weighted by Crippen LogP contribution is -2.50. The summed E-state index contributed by atoms with van der Waals surface area (Å²) < 4.78 is 37.5. The predicted octanol–water partition coefficient (Wildman–Crippen LogP) is 3.47. The fourth-order valence-corrected chi connectivity index (χ4v) is 2.68. The normalized spacial score (nSPS) is 12.1. The standard InChI is InChI=1S/C21H25F2N3O4/c1-21(2,3)30-20(28)25-18(8-13-6-14(22)9-15(23)7-13)19(27)26(4)16-10-17(29-5)12-24-11-16/h6-7,9-12,18H,8H2,1-5H3,(H,25,28)/t18-/m0/s1. The van der Waals surface area contributed by atoms with Crippen molar-refractivity contribution < 1.29 is 27.8 Å². The van der Waals surface area contributed by atoms with E-state index in [2.05, 4.69) is 10.3 Å². The molecule has 9 heteroatoms. The van der Waals surface area contributed by atoms with Gasteiger partial charge in [-0.2, -0.15) is 0 Å². The van der Waals surface area contributed by atoms with E-state index < -0.39 is 35.3 Å². The molecule has 7 nitrogen and oxygen atoms in total. The van der Waals surface area contributed by atoms with E-state index in [0.717, 1.165) is 18.2 Å². The van der Waals surface area contributed by atoms with Gasteiger partial charge in [0.1, 0.15) is 29.0 Å². The maximum absolute atomic E-state index is 13.6. The maximum atomic E-state index is 13.6. The molecule has 1 heterocycles. The van der Waals surface area contributed by atoms with Gasteiger partial charge in [0.15, 0.2) is 0 Å². The lowest BCUT2D eigenvalue weighted by Gasteiger charge is -2.26. The number of pyridine rings is 1. The van der Waals surface area contributed by atoms with Crippen LogP contribution < -0.4 is 15.0 Å². The predicted molar refractivity (Wildman–Crippen MR) is 107 cm³/mol. The smallest absolute Gasteiger partial charge is 0.408 e. The largest absolute Gasteiger partial charge is 0.495 e. The number of rotatable bonds is 6. The molecule has 0 aliphatic carbocycles. The van der Waals surface area contributed by atoms with Crippen LogP contribution >= 0.6 is 0 Å². The van der Waals surface area contributed by atoms with Crippen molar-refractivity contribution in [2.75, 3.05) is 19.1 Å². The van der Waals surface area contributed by atoms with Crippen molar-refractivity contribution in [3.8, 4) is 5.75 Å². The molecular formula is C21H25F2N3O4. The van der Waals surface area contributed by atoms with Crippen molar-refractivity contribution in [1.82, 2.24) is 10.3 Å². The number of nitrogens with one attached hydrogen (secondary N) is 1. The highest BCUT2D eigenvalue weighted by Crippen LogP contribution is 2.20.